The minimum absolute atomic E-state index is 0.972. The maximum Gasteiger partial charge on any atom is -0.00134 e. The van der Waals surface area contributed by atoms with Crippen LogP contribution in [-0.4, -0.2) is 0 Å². The van der Waals surface area contributed by atoms with Crippen molar-refractivity contribution in [3.8, 4) is 33.4 Å². The quantitative estimate of drug-likeness (QED) is 0.243. The molecule has 0 bridgehead atoms. The summed E-state index contributed by atoms with van der Waals surface area (Å²) in [5.41, 5.74) is 11.0. The first-order chi connectivity index (χ1) is 15.4. The largest absolute Gasteiger partial charge is 0.0619 e. The van der Waals surface area contributed by atoms with Gasteiger partial charge in [-0.25, -0.2) is 0 Å². The molecule has 0 saturated carbocycles. The smallest absolute Gasteiger partial charge is 0.00134 e. The highest BCUT2D eigenvalue weighted by atomic mass is 14.3. The Bertz CT molecular complexity index is 1600. The SMILES string of the molecule is c1ccc2c(c1)Cc1ccccc1-c1c-2cc2c3ccccc3cc3ccccc3c1-2. The van der Waals surface area contributed by atoms with Gasteiger partial charge in [-0.05, 0) is 84.6 Å². The standard InChI is InChI=1S/C31H20/c1-5-13-24-20(9-1)17-22-11-3-7-15-26(22)30-28(24)19-29-25-14-6-2-10-21(25)18-23-12-4-8-16-27(23)31(29)30/h1-17,19H,18H2. The third kappa shape index (κ3) is 2.36. The molecule has 3 aliphatic rings. The molecule has 0 amide bonds. The Kier molecular flexibility index (Phi) is 3.42. The van der Waals surface area contributed by atoms with E-state index >= 15 is 0 Å². The van der Waals surface area contributed by atoms with Crippen molar-refractivity contribution in [1.29, 1.82) is 0 Å². The van der Waals surface area contributed by atoms with Crippen molar-refractivity contribution >= 4 is 21.5 Å². The molecule has 144 valence electrons. The van der Waals surface area contributed by atoms with Crippen molar-refractivity contribution < 1.29 is 0 Å². The van der Waals surface area contributed by atoms with E-state index in [9.17, 15) is 0 Å². The molecular weight excluding hydrogens is 372 g/mol. The molecule has 0 N–H and O–H groups in total. The lowest BCUT2D eigenvalue weighted by Gasteiger charge is -2.10. The van der Waals surface area contributed by atoms with E-state index in [1.807, 2.05) is 0 Å². The second kappa shape index (κ2) is 6.30. The van der Waals surface area contributed by atoms with Crippen molar-refractivity contribution in [2.24, 2.45) is 0 Å². The first kappa shape index (κ1) is 16.8. The molecule has 0 heteroatoms. The zero-order chi connectivity index (χ0) is 20.4. The van der Waals surface area contributed by atoms with Gasteiger partial charge in [-0.2, -0.15) is 0 Å². The van der Waals surface area contributed by atoms with Crippen LogP contribution in [0.25, 0.3) is 54.9 Å². The molecule has 0 atom stereocenters. The molecule has 4 aromatic rings. The van der Waals surface area contributed by atoms with Gasteiger partial charge < -0.3 is 0 Å². The topological polar surface area (TPSA) is 0 Å². The molecule has 0 unspecified atom stereocenters. The minimum Gasteiger partial charge on any atom is -0.0619 e. The van der Waals surface area contributed by atoms with E-state index in [-0.39, 0.29) is 0 Å². The summed E-state index contributed by atoms with van der Waals surface area (Å²) in [5, 5.41) is 5.22. The molecule has 3 aliphatic carbocycles. The Morgan fingerprint density at radius 1 is 0.387 bits per heavy atom. The highest BCUT2D eigenvalue weighted by molar-refractivity contribution is 6.18. The fourth-order valence-corrected chi connectivity index (χ4v) is 5.49. The molecule has 31 heavy (non-hydrogen) atoms. The van der Waals surface area contributed by atoms with E-state index in [1.54, 1.807) is 0 Å². The molecule has 4 aromatic carbocycles. The lowest BCUT2D eigenvalue weighted by molar-refractivity contribution is 1.21. The van der Waals surface area contributed by atoms with Crippen molar-refractivity contribution in [2.75, 3.05) is 0 Å². The maximum absolute atomic E-state index is 2.44. The molecule has 0 heterocycles. The Balaban J connectivity index is 1.78. The molecule has 0 aliphatic heterocycles. The van der Waals surface area contributed by atoms with E-state index in [0.717, 1.165) is 6.42 Å². The second-order valence-electron chi connectivity index (χ2n) is 8.53. The van der Waals surface area contributed by atoms with Crippen molar-refractivity contribution in [3.05, 3.63) is 120 Å². The Morgan fingerprint density at radius 2 is 0.968 bits per heavy atom. The van der Waals surface area contributed by atoms with E-state index in [2.05, 4.69) is 109 Å². The summed E-state index contributed by atoms with van der Waals surface area (Å²) < 4.78 is 0. The molecule has 0 aromatic heterocycles. The summed E-state index contributed by atoms with van der Waals surface area (Å²) in [6.07, 6.45) is 0.972. The number of hydrogen-bond acceptors (Lipinski definition) is 0. The van der Waals surface area contributed by atoms with Crippen LogP contribution in [0.1, 0.15) is 11.1 Å². The van der Waals surface area contributed by atoms with Gasteiger partial charge in [0.25, 0.3) is 0 Å². The first-order valence-electron chi connectivity index (χ1n) is 10.9. The third-order valence-electron chi connectivity index (χ3n) is 6.84. The Morgan fingerprint density at radius 3 is 1.77 bits per heavy atom. The van der Waals surface area contributed by atoms with E-state index in [0.29, 0.717) is 0 Å². The van der Waals surface area contributed by atoms with E-state index in [1.165, 1.54) is 66.1 Å². The second-order valence-corrected chi connectivity index (χ2v) is 8.53. The number of rotatable bonds is 0. The fraction of sp³-hybridized carbons (Fsp3) is 0.0323. The van der Waals surface area contributed by atoms with Crippen molar-refractivity contribution in [1.82, 2.24) is 0 Å². The minimum atomic E-state index is 0.972. The van der Waals surface area contributed by atoms with Gasteiger partial charge in [0.15, 0.2) is 0 Å². The predicted octanol–water partition coefficient (Wildman–Crippen LogP) is 8.34. The molecule has 0 saturated heterocycles. The van der Waals surface area contributed by atoms with Gasteiger partial charge in [-0.3, -0.25) is 0 Å². The normalized spacial score (nSPS) is 12.4. The van der Waals surface area contributed by atoms with Crippen LogP contribution in [0.2, 0.25) is 0 Å². The monoisotopic (exact) mass is 392 g/mol. The molecular formula is C31H20. The van der Waals surface area contributed by atoms with E-state index in [4.69, 9.17) is 0 Å². The van der Waals surface area contributed by atoms with Crippen LogP contribution >= 0.6 is 0 Å². The summed E-state index contributed by atoms with van der Waals surface area (Å²) in [5.74, 6) is 0. The summed E-state index contributed by atoms with van der Waals surface area (Å²) in [6, 6.07) is 40.3. The van der Waals surface area contributed by atoms with Crippen LogP contribution in [0.15, 0.2) is 109 Å². The zero-order valence-corrected chi connectivity index (χ0v) is 17.1. The Hall–Kier alpha value is -3.90. The Labute approximate surface area is 181 Å². The van der Waals surface area contributed by atoms with Crippen molar-refractivity contribution in [2.45, 2.75) is 6.42 Å². The zero-order valence-electron chi connectivity index (χ0n) is 17.1. The highest BCUT2D eigenvalue weighted by Crippen LogP contribution is 2.52. The fourth-order valence-electron chi connectivity index (χ4n) is 5.49. The molecule has 0 spiro atoms. The lowest BCUT2D eigenvalue weighted by Crippen LogP contribution is -1.90. The summed E-state index contributed by atoms with van der Waals surface area (Å²) in [6.45, 7) is 0. The first-order valence-corrected chi connectivity index (χ1v) is 10.9. The van der Waals surface area contributed by atoms with Gasteiger partial charge in [-0.1, -0.05) is 97.1 Å². The van der Waals surface area contributed by atoms with Gasteiger partial charge in [0, 0.05) is 0 Å². The molecule has 0 nitrogen and oxygen atoms in total. The average molecular weight is 393 g/mol. The van der Waals surface area contributed by atoms with Crippen LogP contribution in [0.4, 0.5) is 0 Å². The van der Waals surface area contributed by atoms with Crippen molar-refractivity contribution in [3.63, 3.8) is 0 Å². The maximum atomic E-state index is 2.44. The van der Waals surface area contributed by atoms with Gasteiger partial charge in [0.2, 0.25) is 0 Å². The van der Waals surface area contributed by atoms with Crippen LogP contribution in [0.5, 0.6) is 0 Å². The number of hydrogen-bond donors (Lipinski definition) is 0. The predicted molar refractivity (Wildman–Crippen MR) is 132 cm³/mol. The summed E-state index contributed by atoms with van der Waals surface area (Å²) >= 11 is 0. The summed E-state index contributed by atoms with van der Waals surface area (Å²) in [4.78, 5) is 0. The number of benzene rings is 4. The van der Waals surface area contributed by atoms with Gasteiger partial charge in [0.1, 0.15) is 0 Å². The van der Waals surface area contributed by atoms with Gasteiger partial charge in [-0.15, -0.1) is 0 Å². The van der Waals surface area contributed by atoms with Crippen LogP contribution in [0, 0.1) is 0 Å². The average Bonchev–Trinajstić information content (AvgIpc) is 3.06. The number of fused-ring (bicyclic) bond motifs is 11. The lowest BCUT2D eigenvalue weighted by atomic mass is 9.92. The van der Waals surface area contributed by atoms with Crippen LogP contribution < -0.4 is 0 Å². The third-order valence-corrected chi connectivity index (χ3v) is 6.84. The highest BCUT2D eigenvalue weighted by Gasteiger charge is 2.27. The van der Waals surface area contributed by atoms with E-state index < -0.39 is 0 Å². The molecule has 0 fully saturated rings. The molecule has 7 rings (SSSR count). The van der Waals surface area contributed by atoms with Gasteiger partial charge >= 0.3 is 0 Å². The van der Waals surface area contributed by atoms with Gasteiger partial charge in [0.05, 0.1) is 0 Å². The van der Waals surface area contributed by atoms with Crippen LogP contribution in [0.3, 0.4) is 0 Å². The summed E-state index contributed by atoms with van der Waals surface area (Å²) in [7, 11) is 0. The molecule has 0 radical (unpaired) electrons. The van der Waals surface area contributed by atoms with Crippen LogP contribution in [-0.2, 0) is 6.42 Å².